The Morgan fingerprint density at radius 3 is 1.96 bits per heavy atom. The largest absolute Gasteiger partial charge is 0.340 e. The highest BCUT2D eigenvalue weighted by molar-refractivity contribution is 6.35. The van der Waals surface area contributed by atoms with E-state index in [2.05, 4.69) is 0 Å². The van der Waals surface area contributed by atoms with E-state index in [0.29, 0.717) is 23.8 Å². The molecule has 1 heterocycles. The molecule has 0 saturated carbocycles. The van der Waals surface area contributed by atoms with Gasteiger partial charge >= 0.3 is 0 Å². The van der Waals surface area contributed by atoms with Crippen LogP contribution in [0.3, 0.4) is 0 Å². The third kappa shape index (κ3) is 3.67. The maximum Gasteiger partial charge on any atom is 0.271 e. The van der Waals surface area contributed by atoms with Crippen LogP contribution in [0, 0.1) is 0 Å². The van der Waals surface area contributed by atoms with Crippen molar-refractivity contribution in [2.75, 3.05) is 0 Å². The van der Waals surface area contributed by atoms with Gasteiger partial charge in [0.2, 0.25) is 0 Å². The normalized spacial score (nSPS) is 10.9. The van der Waals surface area contributed by atoms with Crippen LogP contribution in [0.2, 0.25) is 5.02 Å². The van der Waals surface area contributed by atoms with E-state index < -0.39 is 0 Å². The lowest BCUT2D eigenvalue weighted by molar-refractivity contribution is 0.0721. The van der Waals surface area contributed by atoms with Gasteiger partial charge in [-0.25, -0.2) is 0 Å². The fraction of sp³-hybridized carbons (Fsp3) is 0.125. The van der Waals surface area contributed by atoms with Crippen LogP contribution in [-0.4, -0.2) is 15.4 Å². The maximum atomic E-state index is 13.5. The second-order valence-electron chi connectivity index (χ2n) is 6.89. The van der Waals surface area contributed by atoms with Crippen molar-refractivity contribution in [1.29, 1.82) is 0 Å². The smallest absolute Gasteiger partial charge is 0.271 e. The first kappa shape index (κ1) is 18.3. The zero-order chi connectivity index (χ0) is 19.5. The minimum Gasteiger partial charge on any atom is -0.340 e. The van der Waals surface area contributed by atoms with Gasteiger partial charge in [-0.05, 0) is 29.3 Å². The number of fused-ring (bicyclic) bond motifs is 1. The van der Waals surface area contributed by atoms with E-state index in [1.54, 1.807) is 0 Å². The Kier molecular flexibility index (Phi) is 5.18. The van der Waals surface area contributed by atoms with E-state index in [1.807, 2.05) is 101 Å². The molecule has 0 spiro atoms. The Morgan fingerprint density at radius 1 is 0.857 bits per heavy atom. The first-order valence-corrected chi connectivity index (χ1v) is 9.62. The summed E-state index contributed by atoms with van der Waals surface area (Å²) in [5.74, 6) is -0.0116. The number of hydrogen-bond donors (Lipinski definition) is 0. The monoisotopic (exact) mass is 388 g/mol. The summed E-state index contributed by atoms with van der Waals surface area (Å²) >= 11 is 6.35. The molecule has 4 rings (SSSR count). The third-order valence-electron chi connectivity index (χ3n) is 4.97. The summed E-state index contributed by atoms with van der Waals surface area (Å²) in [6.07, 6.45) is 0. The number of aryl methyl sites for hydroxylation is 1. The SMILES string of the molecule is Cn1c(C(=O)N(Cc2ccccc2)Cc2ccccc2)cc2c(Cl)cccc21. The fourth-order valence-corrected chi connectivity index (χ4v) is 3.72. The minimum absolute atomic E-state index is 0.0116. The van der Waals surface area contributed by atoms with Crippen LogP contribution >= 0.6 is 11.6 Å². The molecule has 0 atom stereocenters. The lowest BCUT2D eigenvalue weighted by atomic mass is 10.1. The van der Waals surface area contributed by atoms with Gasteiger partial charge in [-0.15, -0.1) is 0 Å². The van der Waals surface area contributed by atoms with Crippen LogP contribution in [0.4, 0.5) is 0 Å². The van der Waals surface area contributed by atoms with Gasteiger partial charge in [0.15, 0.2) is 0 Å². The predicted molar refractivity (Wildman–Crippen MR) is 114 cm³/mol. The van der Waals surface area contributed by atoms with Gasteiger partial charge < -0.3 is 9.47 Å². The van der Waals surface area contributed by atoms with Crippen molar-refractivity contribution in [3.05, 3.63) is 107 Å². The second kappa shape index (κ2) is 7.91. The molecule has 1 amide bonds. The summed E-state index contributed by atoms with van der Waals surface area (Å²) in [4.78, 5) is 15.4. The van der Waals surface area contributed by atoms with E-state index in [0.717, 1.165) is 22.0 Å². The maximum absolute atomic E-state index is 13.5. The van der Waals surface area contributed by atoms with Crippen molar-refractivity contribution in [2.24, 2.45) is 7.05 Å². The molecular weight excluding hydrogens is 368 g/mol. The summed E-state index contributed by atoms with van der Waals surface area (Å²) < 4.78 is 1.92. The average molecular weight is 389 g/mol. The predicted octanol–water partition coefficient (Wildman–Crippen LogP) is 5.67. The molecule has 0 aliphatic heterocycles. The Balaban J connectivity index is 1.72. The van der Waals surface area contributed by atoms with E-state index in [9.17, 15) is 4.79 Å². The van der Waals surface area contributed by atoms with E-state index >= 15 is 0 Å². The van der Waals surface area contributed by atoms with Crippen molar-refractivity contribution in [2.45, 2.75) is 13.1 Å². The number of hydrogen-bond acceptors (Lipinski definition) is 1. The summed E-state index contributed by atoms with van der Waals surface area (Å²) in [5.41, 5.74) is 3.79. The molecule has 140 valence electrons. The zero-order valence-corrected chi connectivity index (χ0v) is 16.4. The molecule has 0 N–H and O–H groups in total. The van der Waals surface area contributed by atoms with Crippen molar-refractivity contribution < 1.29 is 4.79 Å². The molecule has 28 heavy (non-hydrogen) atoms. The van der Waals surface area contributed by atoms with Crippen LogP contribution in [0.25, 0.3) is 10.9 Å². The summed E-state index contributed by atoms with van der Waals surface area (Å²) in [5, 5.41) is 1.55. The summed E-state index contributed by atoms with van der Waals surface area (Å²) in [6, 6.07) is 27.8. The van der Waals surface area contributed by atoms with Gasteiger partial charge in [0.05, 0.1) is 0 Å². The van der Waals surface area contributed by atoms with Gasteiger partial charge in [-0.2, -0.15) is 0 Å². The lowest BCUT2D eigenvalue weighted by Crippen LogP contribution is -2.31. The molecule has 1 aromatic heterocycles. The average Bonchev–Trinajstić information content (AvgIpc) is 3.07. The molecule has 0 aliphatic rings. The van der Waals surface area contributed by atoms with Crippen molar-refractivity contribution in [3.8, 4) is 0 Å². The van der Waals surface area contributed by atoms with E-state index in [1.165, 1.54) is 0 Å². The van der Waals surface area contributed by atoms with E-state index in [-0.39, 0.29) is 5.91 Å². The van der Waals surface area contributed by atoms with Crippen LogP contribution in [0.5, 0.6) is 0 Å². The molecule has 0 bridgehead atoms. The first-order valence-electron chi connectivity index (χ1n) is 9.24. The molecule has 0 saturated heterocycles. The third-order valence-corrected chi connectivity index (χ3v) is 5.30. The van der Waals surface area contributed by atoms with Crippen LogP contribution in [0.1, 0.15) is 21.6 Å². The number of amides is 1. The number of carbonyl (C=O) groups excluding carboxylic acids is 1. The second-order valence-corrected chi connectivity index (χ2v) is 7.30. The standard InChI is InChI=1S/C24H21ClN2O/c1-26-22-14-8-13-21(25)20(22)15-23(26)24(28)27(16-18-9-4-2-5-10-18)17-19-11-6-3-7-12-19/h2-15H,16-17H2,1H3. The Morgan fingerprint density at radius 2 is 1.43 bits per heavy atom. The summed E-state index contributed by atoms with van der Waals surface area (Å²) in [7, 11) is 1.91. The van der Waals surface area contributed by atoms with Gasteiger partial charge in [-0.3, -0.25) is 4.79 Å². The number of halogens is 1. The Labute approximate surface area is 169 Å². The molecule has 4 heteroatoms. The Bertz CT molecular complexity index is 1060. The highest BCUT2D eigenvalue weighted by Gasteiger charge is 2.21. The number of nitrogens with zero attached hydrogens (tertiary/aromatic N) is 2. The lowest BCUT2D eigenvalue weighted by Gasteiger charge is -2.23. The van der Waals surface area contributed by atoms with Crippen LogP contribution < -0.4 is 0 Å². The number of rotatable bonds is 5. The summed E-state index contributed by atoms with van der Waals surface area (Å²) in [6.45, 7) is 1.09. The highest BCUT2D eigenvalue weighted by Crippen LogP contribution is 2.27. The van der Waals surface area contributed by atoms with Gasteiger partial charge in [0.25, 0.3) is 5.91 Å². The Hall–Kier alpha value is -3.04. The molecule has 0 aliphatic carbocycles. The molecular formula is C24H21ClN2O. The molecule has 4 aromatic rings. The topological polar surface area (TPSA) is 25.2 Å². The number of carbonyl (C=O) groups is 1. The quantitative estimate of drug-likeness (QED) is 0.432. The molecule has 0 unspecified atom stereocenters. The fourth-order valence-electron chi connectivity index (χ4n) is 3.50. The van der Waals surface area contributed by atoms with Crippen LogP contribution in [0.15, 0.2) is 84.9 Å². The van der Waals surface area contributed by atoms with Gasteiger partial charge in [0.1, 0.15) is 5.69 Å². The highest BCUT2D eigenvalue weighted by atomic mass is 35.5. The zero-order valence-electron chi connectivity index (χ0n) is 15.7. The van der Waals surface area contributed by atoms with Crippen molar-refractivity contribution in [1.82, 2.24) is 9.47 Å². The molecule has 3 nitrogen and oxygen atoms in total. The van der Waals surface area contributed by atoms with Crippen LogP contribution in [-0.2, 0) is 20.1 Å². The number of aromatic nitrogens is 1. The van der Waals surface area contributed by atoms with Gasteiger partial charge in [-0.1, -0.05) is 78.3 Å². The first-order chi connectivity index (χ1) is 13.6. The minimum atomic E-state index is -0.0116. The van der Waals surface area contributed by atoms with Gasteiger partial charge in [0, 0.05) is 36.1 Å². The molecule has 3 aromatic carbocycles. The van der Waals surface area contributed by atoms with Crippen molar-refractivity contribution >= 4 is 28.4 Å². The van der Waals surface area contributed by atoms with Crippen molar-refractivity contribution in [3.63, 3.8) is 0 Å². The molecule has 0 radical (unpaired) electrons. The number of benzene rings is 3. The molecule has 0 fully saturated rings. The van der Waals surface area contributed by atoms with E-state index in [4.69, 9.17) is 11.6 Å².